The zero-order valence-corrected chi connectivity index (χ0v) is 12.4. The summed E-state index contributed by atoms with van der Waals surface area (Å²) < 4.78 is 1.25. The van der Waals surface area contributed by atoms with Crippen molar-refractivity contribution in [1.82, 2.24) is 0 Å². The largest absolute Gasteiger partial charge is 0.384 e. The summed E-state index contributed by atoms with van der Waals surface area (Å²) in [4.78, 5) is 12.5. The molecular weight excluding hydrogens is 278 g/mol. The van der Waals surface area contributed by atoms with Crippen LogP contribution in [0.4, 0.5) is 5.69 Å². The zero-order valence-electron chi connectivity index (χ0n) is 11.6. The number of fused-ring (bicyclic) bond motifs is 2. The van der Waals surface area contributed by atoms with Crippen LogP contribution in [0.25, 0.3) is 10.1 Å². The average molecular weight is 293 g/mol. The number of nitrogens with one attached hydrogen (secondary N) is 1. The number of carbonyl (C=O) groups is 1. The molecule has 3 aromatic rings. The number of benzene rings is 2. The summed E-state index contributed by atoms with van der Waals surface area (Å²) in [5.74, 6) is 0.202. The van der Waals surface area contributed by atoms with E-state index in [9.17, 15) is 4.79 Å². The second-order valence-corrected chi connectivity index (χ2v) is 6.32. The summed E-state index contributed by atoms with van der Waals surface area (Å²) >= 11 is 1.71. The summed E-state index contributed by atoms with van der Waals surface area (Å²) in [5, 5.41) is 6.64. The van der Waals surface area contributed by atoms with Crippen LogP contribution in [0.1, 0.15) is 21.5 Å². The Morgan fingerprint density at radius 3 is 3.05 bits per heavy atom. The van der Waals surface area contributed by atoms with Crippen molar-refractivity contribution in [3.63, 3.8) is 0 Å². The van der Waals surface area contributed by atoms with Crippen LogP contribution in [0.15, 0.2) is 47.8 Å². The number of ketones is 1. The molecule has 4 rings (SSSR count). The highest BCUT2D eigenvalue weighted by atomic mass is 32.1. The summed E-state index contributed by atoms with van der Waals surface area (Å²) in [6.45, 7) is 0.974. The fraction of sp³-hybridized carbons (Fsp3) is 0.167. The minimum Gasteiger partial charge on any atom is -0.384 e. The maximum Gasteiger partial charge on any atom is 0.167 e. The molecule has 2 heterocycles. The maximum absolute atomic E-state index is 12.5. The van der Waals surface area contributed by atoms with Crippen LogP contribution in [0.5, 0.6) is 0 Å². The smallest absolute Gasteiger partial charge is 0.167 e. The molecule has 0 saturated carbocycles. The third kappa shape index (κ3) is 2.24. The van der Waals surface area contributed by atoms with Crippen LogP contribution >= 0.6 is 11.3 Å². The van der Waals surface area contributed by atoms with Crippen LogP contribution in [-0.2, 0) is 12.8 Å². The van der Waals surface area contributed by atoms with E-state index in [0.29, 0.717) is 6.42 Å². The van der Waals surface area contributed by atoms with E-state index in [1.807, 2.05) is 30.3 Å². The second-order valence-electron chi connectivity index (χ2n) is 5.41. The van der Waals surface area contributed by atoms with Gasteiger partial charge in [0, 0.05) is 28.9 Å². The van der Waals surface area contributed by atoms with E-state index in [1.54, 1.807) is 11.3 Å². The fourth-order valence-corrected chi connectivity index (χ4v) is 3.89. The molecule has 3 heteroatoms. The highest BCUT2D eigenvalue weighted by Gasteiger charge is 2.15. The fourth-order valence-electron chi connectivity index (χ4n) is 2.92. The van der Waals surface area contributed by atoms with Crippen LogP contribution in [0.2, 0.25) is 0 Å². The minimum atomic E-state index is 0.202. The molecule has 0 amide bonds. The average Bonchev–Trinajstić information content (AvgIpc) is 3.13. The van der Waals surface area contributed by atoms with Gasteiger partial charge in [0.1, 0.15) is 0 Å². The Bertz CT molecular complexity index is 834. The van der Waals surface area contributed by atoms with Gasteiger partial charge in [-0.3, -0.25) is 4.79 Å². The van der Waals surface area contributed by atoms with E-state index in [2.05, 4.69) is 22.8 Å². The van der Waals surface area contributed by atoms with E-state index in [-0.39, 0.29) is 5.78 Å². The standard InChI is InChI=1S/C18H15NOS/c20-17(13-5-6-16-12(9-13)7-8-19-16)10-14-11-21-18-4-2-1-3-15(14)18/h1-6,9,11,19H,7-8,10H2. The molecule has 0 radical (unpaired) electrons. The number of hydrogen-bond acceptors (Lipinski definition) is 3. The molecule has 2 aromatic carbocycles. The first-order valence-corrected chi connectivity index (χ1v) is 8.04. The highest BCUT2D eigenvalue weighted by Crippen LogP contribution is 2.28. The van der Waals surface area contributed by atoms with Crippen LogP contribution in [0, 0.1) is 0 Å². The number of anilines is 1. The highest BCUT2D eigenvalue weighted by molar-refractivity contribution is 7.17. The van der Waals surface area contributed by atoms with Gasteiger partial charge in [0.25, 0.3) is 0 Å². The number of rotatable bonds is 3. The quantitative estimate of drug-likeness (QED) is 0.730. The molecule has 2 nitrogen and oxygen atoms in total. The Labute approximate surface area is 127 Å². The van der Waals surface area contributed by atoms with Gasteiger partial charge in [0.2, 0.25) is 0 Å². The van der Waals surface area contributed by atoms with Crippen molar-refractivity contribution in [3.05, 3.63) is 64.5 Å². The first-order valence-electron chi connectivity index (χ1n) is 7.16. The van der Waals surface area contributed by atoms with E-state index >= 15 is 0 Å². The minimum absolute atomic E-state index is 0.202. The van der Waals surface area contributed by atoms with Gasteiger partial charge in [-0.15, -0.1) is 11.3 Å². The van der Waals surface area contributed by atoms with Gasteiger partial charge in [-0.05, 0) is 52.6 Å². The van der Waals surface area contributed by atoms with Crippen molar-refractivity contribution in [2.45, 2.75) is 12.8 Å². The molecular formula is C18H15NOS. The van der Waals surface area contributed by atoms with E-state index in [0.717, 1.165) is 24.1 Å². The Morgan fingerprint density at radius 2 is 2.10 bits per heavy atom. The van der Waals surface area contributed by atoms with E-state index in [1.165, 1.54) is 21.3 Å². The Kier molecular flexibility index (Phi) is 3.00. The first kappa shape index (κ1) is 12.6. The van der Waals surface area contributed by atoms with Gasteiger partial charge in [-0.25, -0.2) is 0 Å². The number of carbonyl (C=O) groups excluding carboxylic acids is 1. The lowest BCUT2D eigenvalue weighted by molar-refractivity contribution is 0.0993. The molecule has 1 aromatic heterocycles. The van der Waals surface area contributed by atoms with Crippen molar-refractivity contribution >= 4 is 32.9 Å². The first-order chi connectivity index (χ1) is 10.3. The SMILES string of the molecule is O=C(Cc1csc2ccccc12)c1ccc2c(c1)CCN2. The molecule has 1 aliphatic rings. The molecule has 0 aliphatic carbocycles. The summed E-state index contributed by atoms with van der Waals surface area (Å²) in [6, 6.07) is 14.3. The lowest BCUT2D eigenvalue weighted by Crippen LogP contribution is -2.03. The monoisotopic (exact) mass is 293 g/mol. The van der Waals surface area contributed by atoms with E-state index < -0.39 is 0 Å². The van der Waals surface area contributed by atoms with Gasteiger partial charge >= 0.3 is 0 Å². The third-order valence-corrected chi connectivity index (χ3v) is 5.06. The topological polar surface area (TPSA) is 29.1 Å². The molecule has 104 valence electrons. The number of Topliss-reactive ketones (excluding diaryl/α,β-unsaturated/α-hetero) is 1. The summed E-state index contributed by atoms with van der Waals surface area (Å²) in [7, 11) is 0. The van der Waals surface area contributed by atoms with Crippen molar-refractivity contribution < 1.29 is 4.79 Å². The van der Waals surface area contributed by atoms with Crippen LogP contribution in [0.3, 0.4) is 0 Å². The maximum atomic E-state index is 12.5. The van der Waals surface area contributed by atoms with Gasteiger partial charge in [-0.2, -0.15) is 0 Å². The Balaban J connectivity index is 1.63. The number of thiophene rings is 1. The molecule has 0 unspecified atom stereocenters. The van der Waals surface area contributed by atoms with Crippen molar-refractivity contribution in [1.29, 1.82) is 0 Å². The molecule has 1 aliphatic heterocycles. The molecule has 0 fully saturated rings. The van der Waals surface area contributed by atoms with Crippen molar-refractivity contribution in [3.8, 4) is 0 Å². The molecule has 0 spiro atoms. The molecule has 0 bridgehead atoms. The lowest BCUT2D eigenvalue weighted by Gasteiger charge is -2.04. The van der Waals surface area contributed by atoms with Crippen molar-refractivity contribution in [2.24, 2.45) is 0 Å². The van der Waals surface area contributed by atoms with Crippen molar-refractivity contribution in [2.75, 3.05) is 11.9 Å². The van der Waals surface area contributed by atoms with E-state index in [4.69, 9.17) is 0 Å². The van der Waals surface area contributed by atoms with Gasteiger partial charge < -0.3 is 5.32 Å². The summed E-state index contributed by atoms with van der Waals surface area (Å²) in [5.41, 5.74) is 4.40. The van der Waals surface area contributed by atoms with Crippen LogP contribution < -0.4 is 5.32 Å². The van der Waals surface area contributed by atoms with Gasteiger partial charge in [0.05, 0.1) is 0 Å². The van der Waals surface area contributed by atoms with Crippen LogP contribution in [-0.4, -0.2) is 12.3 Å². The Hall–Kier alpha value is -2.13. The number of hydrogen-bond donors (Lipinski definition) is 1. The van der Waals surface area contributed by atoms with Gasteiger partial charge in [-0.1, -0.05) is 18.2 Å². The molecule has 21 heavy (non-hydrogen) atoms. The zero-order chi connectivity index (χ0) is 14.2. The normalized spacial score (nSPS) is 13.1. The molecule has 1 N–H and O–H groups in total. The predicted molar refractivity (Wildman–Crippen MR) is 88.5 cm³/mol. The third-order valence-electron chi connectivity index (χ3n) is 4.05. The van der Waals surface area contributed by atoms with Gasteiger partial charge in [0.15, 0.2) is 5.78 Å². The second kappa shape index (κ2) is 5.01. The molecule has 0 atom stereocenters. The Morgan fingerprint density at radius 1 is 1.19 bits per heavy atom. The summed E-state index contributed by atoms with van der Waals surface area (Å²) in [6.07, 6.45) is 1.49. The lowest BCUT2D eigenvalue weighted by atomic mass is 10.00. The molecule has 0 saturated heterocycles. The predicted octanol–water partition coefficient (Wildman–Crippen LogP) is 4.29.